The van der Waals surface area contributed by atoms with Crippen LogP contribution < -0.4 is 5.32 Å². The Labute approximate surface area is 124 Å². The maximum atomic E-state index is 12.3. The lowest BCUT2D eigenvalue weighted by molar-refractivity contribution is -0.134. The van der Waals surface area contributed by atoms with E-state index in [-0.39, 0.29) is 11.8 Å². The van der Waals surface area contributed by atoms with Gasteiger partial charge in [0.25, 0.3) is 0 Å². The lowest BCUT2D eigenvalue weighted by atomic mass is 9.80. The largest absolute Gasteiger partial charge is 0.342 e. The highest BCUT2D eigenvalue weighted by Crippen LogP contribution is 2.41. The summed E-state index contributed by atoms with van der Waals surface area (Å²) < 4.78 is 0. The van der Waals surface area contributed by atoms with Crippen LogP contribution in [0.2, 0.25) is 0 Å². The van der Waals surface area contributed by atoms with E-state index in [0.29, 0.717) is 17.7 Å². The molecule has 4 rings (SSSR count). The molecule has 0 spiro atoms. The first-order valence-corrected chi connectivity index (χ1v) is 7.92. The average molecular weight is 284 g/mol. The van der Waals surface area contributed by atoms with E-state index in [4.69, 9.17) is 0 Å². The third kappa shape index (κ3) is 2.23. The summed E-state index contributed by atoms with van der Waals surface area (Å²) in [6, 6.07) is 7.98. The van der Waals surface area contributed by atoms with Crippen molar-refractivity contribution in [3.8, 4) is 0 Å². The molecule has 3 aliphatic rings. The van der Waals surface area contributed by atoms with Crippen LogP contribution in [0.25, 0.3) is 0 Å². The van der Waals surface area contributed by atoms with Gasteiger partial charge in [0.2, 0.25) is 11.8 Å². The number of fused-ring (bicyclic) bond motifs is 1. The predicted octanol–water partition coefficient (Wildman–Crippen LogP) is 2.37. The highest BCUT2D eigenvalue weighted by atomic mass is 16.2. The number of likely N-dealkylation sites (tertiary alicyclic amines) is 1. The van der Waals surface area contributed by atoms with Crippen LogP contribution in [0.1, 0.15) is 37.2 Å². The van der Waals surface area contributed by atoms with Gasteiger partial charge in [-0.05, 0) is 43.2 Å². The van der Waals surface area contributed by atoms with E-state index in [9.17, 15) is 9.59 Å². The van der Waals surface area contributed by atoms with Gasteiger partial charge < -0.3 is 10.2 Å². The fourth-order valence-corrected chi connectivity index (χ4v) is 3.74. The quantitative estimate of drug-likeness (QED) is 0.906. The van der Waals surface area contributed by atoms with Gasteiger partial charge in [0.05, 0.1) is 5.92 Å². The number of para-hydroxylation sites is 1. The molecule has 1 atom stereocenters. The molecule has 1 aromatic rings. The predicted molar refractivity (Wildman–Crippen MR) is 79.8 cm³/mol. The Kier molecular flexibility index (Phi) is 2.98. The van der Waals surface area contributed by atoms with E-state index in [2.05, 4.69) is 11.4 Å². The molecule has 1 aliphatic carbocycles. The minimum atomic E-state index is -0.0284. The first kappa shape index (κ1) is 12.9. The minimum Gasteiger partial charge on any atom is -0.342 e. The molecule has 0 radical (unpaired) electrons. The maximum absolute atomic E-state index is 12.3. The molecule has 1 saturated carbocycles. The number of benzene rings is 1. The van der Waals surface area contributed by atoms with Gasteiger partial charge in [-0.3, -0.25) is 9.59 Å². The number of amides is 2. The van der Waals surface area contributed by atoms with Gasteiger partial charge >= 0.3 is 0 Å². The standard InChI is InChI=1S/C17H20N2O2/c20-16-15(13-3-1-2-4-14(13)18-16)11-7-9-19(10-8-11)17(21)12-5-6-12/h1-4,11-12,15H,5-10H2,(H,18,20)/t15-/m0/s1. The number of nitrogens with one attached hydrogen (secondary N) is 1. The summed E-state index contributed by atoms with van der Waals surface area (Å²) in [6.45, 7) is 1.62. The Morgan fingerprint density at radius 3 is 2.52 bits per heavy atom. The molecule has 2 amide bonds. The van der Waals surface area contributed by atoms with Crippen molar-refractivity contribution in [2.45, 2.75) is 31.6 Å². The number of nitrogens with zero attached hydrogens (tertiary/aromatic N) is 1. The van der Waals surface area contributed by atoms with E-state index in [1.807, 2.05) is 23.1 Å². The van der Waals surface area contributed by atoms with Crippen LogP contribution in [-0.2, 0) is 9.59 Å². The summed E-state index contributed by atoms with van der Waals surface area (Å²) >= 11 is 0. The SMILES string of the molecule is O=C1Nc2ccccc2[C@@H]1C1CCN(C(=O)C2CC2)CC1. The summed E-state index contributed by atoms with van der Waals surface area (Å²) in [6.07, 6.45) is 4.00. The van der Waals surface area contributed by atoms with Gasteiger partial charge in [-0.15, -0.1) is 0 Å². The van der Waals surface area contributed by atoms with Gasteiger partial charge in [-0.2, -0.15) is 0 Å². The molecule has 0 unspecified atom stereocenters. The van der Waals surface area contributed by atoms with Crippen molar-refractivity contribution >= 4 is 17.5 Å². The second kappa shape index (κ2) is 4.86. The second-order valence-electron chi connectivity index (χ2n) is 6.49. The van der Waals surface area contributed by atoms with Gasteiger partial charge in [0.15, 0.2) is 0 Å². The molecular weight excluding hydrogens is 264 g/mol. The van der Waals surface area contributed by atoms with Crippen molar-refractivity contribution in [1.82, 2.24) is 4.90 Å². The molecule has 2 fully saturated rings. The number of rotatable bonds is 2. The van der Waals surface area contributed by atoms with Crippen molar-refractivity contribution in [3.05, 3.63) is 29.8 Å². The zero-order valence-corrected chi connectivity index (χ0v) is 12.0. The highest BCUT2D eigenvalue weighted by molar-refractivity contribution is 6.03. The second-order valence-corrected chi connectivity index (χ2v) is 6.49. The van der Waals surface area contributed by atoms with Crippen molar-refractivity contribution < 1.29 is 9.59 Å². The molecule has 0 bridgehead atoms. The van der Waals surface area contributed by atoms with E-state index in [1.54, 1.807) is 0 Å². The van der Waals surface area contributed by atoms with E-state index in [1.165, 1.54) is 0 Å². The number of hydrogen-bond acceptors (Lipinski definition) is 2. The van der Waals surface area contributed by atoms with Crippen molar-refractivity contribution in [2.75, 3.05) is 18.4 Å². The summed E-state index contributed by atoms with van der Waals surface area (Å²) in [4.78, 5) is 26.4. The molecule has 110 valence electrons. The number of carbonyl (C=O) groups is 2. The first-order chi connectivity index (χ1) is 10.2. The molecule has 1 saturated heterocycles. The lowest BCUT2D eigenvalue weighted by Gasteiger charge is -2.34. The lowest BCUT2D eigenvalue weighted by Crippen LogP contribution is -2.41. The topological polar surface area (TPSA) is 49.4 Å². The van der Waals surface area contributed by atoms with Crippen LogP contribution in [0.4, 0.5) is 5.69 Å². The first-order valence-electron chi connectivity index (χ1n) is 7.92. The zero-order chi connectivity index (χ0) is 14.4. The molecule has 1 N–H and O–H groups in total. The normalized spacial score (nSPS) is 25.6. The van der Waals surface area contributed by atoms with Gasteiger partial charge in [0.1, 0.15) is 0 Å². The maximum Gasteiger partial charge on any atom is 0.232 e. The van der Waals surface area contributed by atoms with Crippen molar-refractivity contribution in [1.29, 1.82) is 0 Å². The minimum absolute atomic E-state index is 0.0284. The Hall–Kier alpha value is -1.84. The summed E-state index contributed by atoms with van der Waals surface area (Å²) in [5, 5.41) is 2.99. The average Bonchev–Trinajstić information content (AvgIpc) is 3.29. The van der Waals surface area contributed by atoms with Crippen LogP contribution in [-0.4, -0.2) is 29.8 Å². The molecule has 2 aliphatic heterocycles. The van der Waals surface area contributed by atoms with Crippen LogP contribution in [0.3, 0.4) is 0 Å². The van der Waals surface area contributed by atoms with Crippen molar-refractivity contribution in [3.63, 3.8) is 0 Å². The van der Waals surface area contributed by atoms with Gasteiger partial charge in [-0.25, -0.2) is 0 Å². The number of hydrogen-bond donors (Lipinski definition) is 1. The Balaban J connectivity index is 1.46. The fraction of sp³-hybridized carbons (Fsp3) is 0.529. The Bertz CT molecular complexity index is 586. The fourth-order valence-electron chi connectivity index (χ4n) is 3.74. The summed E-state index contributed by atoms with van der Waals surface area (Å²) in [5.41, 5.74) is 2.10. The Morgan fingerprint density at radius 1 is 1.10 bits per heavy atom. The summed E-state index contributed by atoms with van der Waals surface area (Å²) in [7, 11) is 0. The van der Waals surface area contributed by atoms with Crippen molar-refractivity contribution in [2.24, 2.45) is 11.8 Å². The van der Waals surface area contributed by atoms with Crippen LogP contribution >= 0.6 is 0 Å². The smallest absolute Gasteiger partial charge is 0.232 e. The number of piperidine rings is 1. The van der Waals surface area contributed by atoms with Gasteiger partial charge in [-0.1, -0.05) is 18.2 Å². The monoisotopic (exact) mass is 284 g/mol. The molecule has 4 nitrogen and oxygen atoms in total. The van der Waals surface area contributed by atoms with Gasteiger partial charge in [0, 0.05) is 24.7 Å². The van der Waals surface area contributed by atoms with Crippen LogP contribution in [0.5, 0.6) is 0 Å². The molecule has 2 heterocycles. The molecule has 1 aromatic carbocycles. The summed E-state index contributed by atoms with van der Waals surface area (Å²) in [5.74, 6) is 1.10. The number of carbonyl (C=O) groups excluding carboxylic acids is 2. The van der Waals surface area contributed by atoms with E-state index >= 15 is 0 Å². The Morgan fingerprint density at radius 2 is 1.81 bits per heavy atom. The molecule has 4 heteroatoms. The number of anilines is 1. The van der Waals surface area contributed by atoms with E-state index in [0.717, 1.165) is 50.0 Å². The highest BCUT2D eigenvalue weighted by Gasteiger charge is 2.40. The molecule has 0 aromatic heterocycles. The van der Waals surface area contributed by atoms with Crippen LogP contribution in [0, 0.1) is 11.8 Å². The molecule has 21 heavy (non-hydrogen) atoms. The third-order valence-corrected chi connectivity index (χ3v) is 5.09. The van der Waals surface area contributed by atoms with E-state index < -0.39 is 0 Å². The van der Waals surface area contributed by atoms with Crippen LogP contribution in [0.15, 0.2) is 24.3 Å². The molecular formula is C17H20N2O2. The third-order valence-electron chi connectivity index (χ3n) is 5.09. The zero-order valence-electron chi connectivity index (χ0n) is 12.0.